The number of hydrogen-bond donors (Lipinski definition) is 0. The Morgan fingerprint density at radius 1 is 0.636 bits per heavy atom. The Morgan fingerprint density at radius 2 is 1.25 bits per heavy atom. The SMILES string of the molecule is Cc1cccc2c1nc1n(-c3[c-]c(-[n+]4[c-]n(C)c5ccccc54)ccc3)c3[c-]c4c(cc3n21)n1c2cccc(C)c2nc1n4-c1cc(C(C)(C)C)ccn1.[Pt]. The van der Waals surface area contributed by atoms with Gasteiger partial charge >= 0.3 is 0 Å². The van der Waals surface area contributed by atoms with Crippen LogP contribution in [0.15, 0.2) is 103 Å². The largest absolute Gasteiger partial charge is 0.342 e. The van der Waals surface area contributed by atoms with Gasteiger partial charge in [0.15, 0.2) is 0 Å². The van der Waals surface area contributed by atoms with E-state index in [2.05, 4.69) is 173 Å². The number of imidazole rings is 5. The predicted octanol–water partition coefficient (Wildman–Crippen LogP) is 8.65. The molecule has 0 saturated heterocycles. The number of nitrogens with zero attached hydrogens (tertiary/aromatic N) is 9. The zero-order valence-corrected chi connectivity index (χ0v) is 33.4. The molecule has 0 atom stereocenters. The Hall–Kier alpha value is -6.05. The van der Waals surface area contributed by atoms with Crippen LogP contribution in [0.1, 0.15) is 37.5 Å². The number of aryl methyl sites for hydroxylation is 3. The van der Waals surface area contributed by atoms with Gasteiger partial charge in [-0.25, -0.2) is 15.0 Å². The molecule has 0 spiro atoms. The maximum atomic E-state index is 5.32. The summed E-state index contributed by atoms with van der Waals surface area (Å²) in [6.45, 7) is 10.9. The van der Waals surface area contributed by atoms with E-state index in [0.29, 0.717) is 0 Å². The van der Waals surface area contributed by atoms with Gasteiger partial charge in [0.2, 0.25) is 17.9 Å². The van der Waals surface area contributed by atoms with Crippen molar-refractivity contribution in [2.45, 2.75) is 40.0 Å². The van der Waals surface area contributed by atoms with Gasteiger partial charge in [0.05, 0.1) is 40.1 Å². The molecule has 11 aromatic rings. The van der Waals surface area contributed by atoms with Gasteiger partial charge in [-0.15, -0.1) is 18.2 Å². The van der Waals surface area contributed by atoms with Gasteiger partial charge in [0.25, 0.3) is 0 Å². The van der Waals surface area contributed by atoms with Gasteiger partial charge in [-0.05, 0) is 82.3 Å². The van der Waals surface area contributed by atoms with Crippen molar-refractivity contribution >= 4 is 66.7 Å². The van der Waals surface area contributed by atoms with E-state index in [1.807, 2.05) is 17.8 Å². The first-order valence-electron chi connectivity index (χ1n) is 18.2. The number of hydrogen-bond acceptors (Lipinski definition) is 3. The summed E-state index contributed by atoms with van der Waals surface area (Å²) in [7, 11) is 2.02. The predicted molar refractivity (Wildman–Crippen MR) is 213 cm³/mol. The first-order valence-corrected chi connectivity index (χ1v) is 18.2. The van der Waals surface area contributed by atoms with Crippen molar-refractivity contribution in [1.29, 1.82) is 0 Å². The van der Waals surface area contributed by atoms with E-state index in [4.69, 9.17) is 15.0 Å². The summed E-state index contributed by atoms with van der Waals surface area (Å²) in [5, 5.41) is 0. The Labute approximate surface area is 331 Å². The second kappa shape index (κ2) is 11.7. The Bertz CT molecular complexity index is 3360. The number of fused-ring (bicyclic) bond motifs is 11. The van der Waals surface area contributed by atoms with Crippen LogP contribution in [0.5, 0.6) is 0 Å². The van der Waals surface area contributed by atoms with Crippen molar-refractivity contribution < 1.29 is 25.6 Å². The summed E-state index contributed by atoms with van der Waals surface area (Å²) in [5.74, 6) is 2.38. The molecule has 6 aromatic heterocycles. The average molecular weight is 897 g/mol. The van der Waals surface area contributed by atoms with Gasteiger partial charge in [-0.1, -0.05) is 80.7 Å². The summed E-state index contributed by atoms with van der Waals surface area (Å²) >= 11 is 0. The summed E-state index contributed by atoms with van der Waals surface area (Å²) in [6, 6.07) is 41.5. The van der Waals surface area contributed by atoms with Crippen molar-refractivity contribution in [2.75, 3.05) is 0 Å². The number of para-hydroxylation sites is 4. The van der Waals surface area contributed by atoms with E-state index in [-0.39, 0.29) is 26.5 Å². The number of benzene rings is 5. The molecule has 0 radical (unpaired) electrons. The minimum Gasteiger partial charge on any atom is -0.342 e. The van der Waals surface area contributed by atoms with Crippen LogP contribution in [0.2, 0.25) is 0 Å². The molecule has 0 fully saturated rings. The fraction of sp³-hybridized carbons (Fsp3) is 0.156. The quantitative estimate of drug-likeness (QED) is 0.132. The van der Waals surface area contributed by atoms with Crippen LogP contribution in [0.25, 0.3) is 83.9 Å². The molecule has 5 aromatic carbocycles. The summed E-state index contributed by atoms with van der Waals surface area (Å²) in [5.41, 5.74) is 15.0. The third-order valence-corrected chi connectivity index (χ3v) is 10.9. The molecule has 6 heterocycles. The first kappa shape index (κ1) is 33.5. The van der Waals surface area contributed by atoms with Gasteiger partial charge < -0.3 is 22.5 Å². The molecule has 11 rings (SSSR count). The van der Waals surface area contributed by atoms with E-state index in [1.165, 1.54) is 5.56 Å². The van der Waals surface area contributed by atoms with Crippen molar-refractivity contribution in [3.63, 3.8) is 0 Å². The van der Waals surface area contributed by atoms with E-state index < -0.39 is 0 Å². The monoisotopic (exact) mass is 896 g/mol. The molecular formula is C45H35N9Pt-2. The normalized spacial score (nSPS) is 12.4. The molecule has 0 bridgehead atoms. The third-order valence-electron chi connectivity index (χ3n) is 10.9. The van der Waals surface area contributed by atoms with Crippen LogP contribution in [-0.2, 0) is 33.5 Å². The minimum atomic E-state index is -0.0653. The molecule has 10 heteroatoms. The number of rotatable bonds is 3. The molecule has 9 nitrogen and oxygen atoms in total. The summed E-state index contributed by atoms with van der Waals surface area (Å²) in [6.07, 6.45) is 5.39. The molecule has 0 aliphatic heterocycles. The summed E-state index contributed by atoms with van der Waals surface area (Å²) < 4.78 is 12.9. The van der Waals surface area contributed by atoms with Crippen LogP contribution < -0.4 is 4.57 Å². The van der Waals surface area contributed by atoms with Crippen molar-refractivity contribution in [3.8, 4) is 17.2 Å². The van der Waals surface area contributed by atoms with Crippen LogP contribution in [0.3, 0.4) is 0 Å². The van der Waals surface area contributed by atoms with Crippen molar-refractivity contribution in [2.24, 2.45) is 7.05 Å². The van der Waals surface area contributed by atoms with E-state index in [0.717, 1.165) is 95.0 Å². The fourth-order valence-electron chi connectivity index (χ4n) is 8.15. The Kier molecular flexibility index (Phi) is 7.14. The van der Waals surface area contributed by atoms with E-state index >= 15 is 0 Å². The molecule has 0 unspecified atom stereocenters. The molecule has 0 amide bonds. The van der Waals surface area contributed by atoms with E-state index in [9.17, 15) is 0 Å². The van der Waals surface area contributed by atoms with Gasteiger partial charge in [0, 0.05) is 27.3 Å². The maximum Gasteiger partial charge on any atom is 0.242 e. The van der Waals surface area contributed by atoms with Crippen molar-refractivity contribution in [3.05, 3.63) is 138 Å². The van der Waals surface area contributed by atoms with Gasteiger partial charge in [0.1, 0.15) is 5.82 Å². The minimum absolute atomic E-state index is 0. The molecule has 0 N–H and O–H groups in total. The molecule has 0 aliphatic carbocycles. The fourth-order valence-corrected chi connectivity index (χ4v) is 8.15. The number of pyridine rings is 1. The smallest absolute Gasteiger partial charge is 0.242 e. The topological polar surface area (TPSA) is 66.2 Å². The zero-order chi connectivity index (χ0) is 36.6. The standard InChI is InChI=1S/C45H35N9.Pt/c1-27-12-9-18-34-41(27)47-43-51(31-15-11-14-30(23-31)50-26-49(6)32-16-7-8-17-33(32)50)36-24-39-38(25-37(36)52(34)43)53-35-19-10-13-28(2)42(35)48-44(53)54(39)40-22-29(20-21-46-40)45(3,4)5;/h7-22,25H,1-6H3;/q-2;. The van der Waals surface area contributed by atoms with Crippen LogP contribution in [-0.4, -0.2) is 37.5 Å². The third kappa shape index (κ3) is 4.69. The molecular weight excluding hydrogens is 862 g/mol. The summed E-state index contributed by atoms with van der Waals surface area (Å²) in [4.78, 5) is 15.6. The number of aromatic nitrogens is 9. The second-order valence-electron chi connectivity index (χ2n) is 15.3. The Balaban J connectivity index is 0.00000372. The second-order valence-corrected chi connectivity index (χ2v) is 15.3. The molecule has 0 saturated carbocycles. The zero-order valence-electron chi connectivity index (χ0n) is 31.2. The average Bonchev–Trinajstić information content (AvgIpc) is 3.96. The first-order chi connectivity index (χ1) is 26.2. The molecule has 272 valence electrons. The molecule has 55 heavy (non-hydrogen) atoms. The van der Waals surface area contributed by atoms with E-state index in [1.54, 1.807) is 0 Å². The van der Waals surface area contributed by atoms with Crippen LogP contribution >= 0.6 is 0 Å². The van der Waals surface area contributed by atoms with Crippen LogP contribution in [0.4, 0.5) is 0 Å². The molecule has 0 aliphatic rings. The van der Waals surface area contributed by atoms with Gasteiger partial charge in [-0.3, -0.25) is 4.57 Å². The Morgan fingerprint density at radius 3 is 1.95 bits per heavy atom. The van der Waals surface area contributed by atoms with Gasteiger partial charge in [-0.2, -0.15) is 18.2 Å². The van der Waals surface area contributed by atoms with Crippen LogP contribution in [0, 0.1) is 32.3 Å². The van der Waals surface area contributed by atoms with Crippen molar-refractivity contribution in [1.82, 2.24) is 37.5 Å². The maximum absolute atomic E-state index is 5.32.